The van der Waals surface area contributed by atoms with Gasteiger partial charge in [-0.15, -0.1) is 10.2 Å². The molecule has 0 bridgehead atoms. The highest BCUT2D eigenvalue weighted by atomic mass is 15.3. The highest BCUT2D eigenvalue weighted by Gasteiger charge is 2.21. The monoisotopic (exact) mass is 222 g/mol. The smallest absolute Gasteiger partial charge is 0.150 e. The molecular weight excluding hydrogens is 200 g/mol. The summed E-state index contributed by atoms with van der Waals surface area (Å²) in [7, 11) is 0. The van der Waals surface area contributed by atoms with E-state index in [1.807, 2.05) is 6.92 Å². The van der Waals surface area contributed by atoms with Crippen LogP contribution in [-0.4, -0.2) is 21.3 Å². The Hall–Kier alpha value is -0.900. The molecule has 2 heterocycles. The molecule has 0 radical (unpaired) electrons. The number of nitrogens with one attached hydrogen (secondary N) is 1. The number of rotatable bonds is 3. The third-order valence-corrected chi connectivity index (χ3v) is 3.13. The summed E-state index contributed by atoms with van der Waals surface area (Å²) in [5.74, 6) is 2.80. The van der Waals surface area contributed by atoms with Gasteiger partial charge in [0.05, 0.1) is 6.04 Å². The lowest BCUT2D eigenvalue weighted by atomic mass is 10.0. The lowest BCUT2D eigenvalue weighted by Crippen LogP contribution is -2.29. The summed E-state index contributed by atoms with van der Waals surface area (Å²) in [5.41, 5.74) is 0. The number of nitrogens with zero attached hydrogens (tertiary/aromatic N) is 3. The molecule has 0 amide bonds. The molecule has 1 aliphatic heterocycles. The largest absolute Gasteiger partial charge is 0.314 e. The lowest BCUT2D eigenvalue weighted by Gasteiger charge is -2.24. The maximum atomic E-state index is 4.34. The predicted molar refractivity (Wildman–Crippen MR) is 64.2 cm³/mol. The van der Waals surface area contributed by atoms with Crippen molar-refractivity contribution in [2.75, 3.05) is 6.54 Å². The molecule has 16 heavy (non-hydrogen) atoms. The molecule has 1 unspecified atom stereocenters. The third-order valence-electron chi connectivity index (χ3n) is 3.13. The van der Waals surface area contributed by atoms with Gasteiger partial charge in [-0.1, -0.05) is 20.3 Å². The third kappa shape index (κ3) is 2.43. The van der Waals surface area contributed by atoms with Crippen LogP contribution in [0.2, 0.25) is 0 Å². The molecule has 90 valence electrons. The van der Waals surface area contributed by atoms with E-state index in [0.29, 0.717) is 12.0 Å². The molecule has 1 aromatic rings. The number of hydrogen-bond acceptors (Lipinski definition) is 3. The Kier molecular flexibility index (Phi) is 3.59. The van der Waals surface area contributed by atoms with Gasteiger partial charge in [-0.05, 0) is 32.2 Å². The van der Waals surface area contributed by atoms with Gasteiger partial charge in [0, 0.05) is 6.54 Å². The van der Waals surface area contributed by atoms with E-state index < -0.39 is 0 Å². The maximum Gasteiger partial charge on any atom is 0.150 e. The molecule has 2 rings (SSSR count). The standard InChI is InChI=1S/C12H22N4/c1-9(2)8-16-10(3)14-15-12(16)11-6-4-5-7-13-11/h9,11,13H,4-8H2,1-3H3. The van der Waals surface area contributed by atoms with Crippen LogP contribution < -0.4 is 5.32 Å². The molecule has 1 aliphatic rings. The number of piperidine rings is 1. The Morgan fingerprint density at radius 1 is 1.38 bits per heavy atom. The van der Waals surface area contributed by atoms with Crippen molar-refractivity contribution >= 4 is 0 Å². The fourth-order valence-electron chi connectivity index (χ4n) is 2.32. The summed E-state index contributed by atoms with van der Waals surface area (Å²) in [6.07, 6.45) is 3.77. The normalized spacial score (nSPS) is 21.6. The van der Waals surface area contributed by atoms with E-state index in [1.165, 1.54) is 19.3 Å². The first-order valence-corrected chi connectivity index (χ1v) is 6.31. The maximum absolute atomic E-state index is 4.34. The zero-order valence-corrected chi connectivity index (χ0v) is 10.5. The lowest BCUT2D eigenvalue weighted by molar-refractivity contribution is 0.374. The van der Waals surface area contributed by atoms with Crippen molar-refractivity contribution in [2.24, 2.45) is 5.92 Å². The Morgan fingerprint density at radius 3 is 2.81 bits per heavy atom. The van der Waals surface area contributed by atoms with Gasteiger partial charge in [0.15, 0.2) is 0 Å². The van der Waals surface area contributed by atoms with Gasteiger partial charge in [0.25, 0.3) is 0 Å². The van der Waals surface area contributed by atoms with E-state index in [2.05, 4.69) is 33.9 Å². The van der Waals surface area contributed by atoms with E-state index in [-0.39, 0.29) is 0 Å². The van der Waals surface area contributed by atoms with Crippen LogP contribution >= 0.6 is 0 Å². The van der Waals surface area contributed by atoms with Crippen molar-refractivity contribution in [3.63, 3.8) is 0 Å². The molecule has 4 nitrogen and oxygen atoms in total. The van der Waals surface area contributed by atoms with E-state index in [0.717, 1.165) is 24.7 Å². The SMILES string of the molecule is Cc1nnc(C2CCCCN2)n1CC(C)C. The molecule has 1 N–H and O–H groups in total. The van der Waals surface area contributed by atoms with Gasteiger partial charge in [-0.2, -0.15) is 0 Å². The molecule has 4 heteroatoms. The Balaban J connectivity index is 2.18. The average molecular weight is 222 g/mol. The molecule has 1 aromatic heterocycles. The van der Waals surface area contributed by atoms with Crippen molar-refractivity contribution in [1.29, 1.82) is 0 Å². The number of hydrogen-bond donors (Lipinski definition) is 1. The summed E-state index contributed by atoms with van der Waals surface area (Å²) < 4.78 is 2.27. The van der Waals surface area contributed by atoms with E-state index in [4.69, 9.17) is 0 Å². The van der Waals surface area contributed by atoms with Crippen molar-refractivity contribution in [3.05, 3.63) is 11.6 Å². The van der Waals surface area contributed by atoms with Crippen LogP contribution in [0.25, 0.3) is 0 Å². The van der Waals surface area contributed by atoms with E-state index in [1.54, 1.807) is 0 Å². The van der Waals surface area contributed by atoms with Gasteiger partial charge in [0.1, 0.15) is 11.6 Å². The highest BCUT2D eigenvalue weighted by molar-refractivity contribution is 5.01. The number of aromatic nitrogens is 3. The van der Waals surface area contributed by atoms with Crippen LogP contribution in [0, 0.1) is 12.8 Å². The molecule has 1 saturated heterocycles. The fourth-order valence-corrected chi connectivity index (χ4v) is 2.32. The van der Waals surface area contributed by atoms with E-state index in [9.17, 15) is 0 Å². The summed E-state index contributed by atoms with van der Waals surface area (Å²) >= 11 is 0. The second-order valence-corrected chi connectivity index (χ2v) is 5.11. The molecule has 0 saturated carbocycles. The Labute approximate surface area is 97.5 Å². The fraction of sp³-hybridized carbons (Fsp3) is 0.833. The van der Waals surface area contributed by atoms with Gasteiger partial charge >= 0.3 is 0 Å². The molecule has 0 aromatic carbocycles. The van der Waals surface area contributed by atoms with Crippen molar-refractivity contribution in [1.82, 2.24) is 20.1 Å². The quantitative estimate of drug-likeness (QED) is 0.851. The van der Waals surface area contributed by atoms with Crippen LogP contribution in [0.1, 0.15) is 50.8 Å². The van der Waals surface area contributed by atoms with Crippen molar-refractivity contribution in [3.8, 4) is 0 Å². The molecule has 0 spiro atoms. The van der Waals surface area contributed by atoms with Crippen LogP contribution in [0.4, 0.5) is 0 Å². The zero-order chi connectivity index (χ0) is 11.5. The first-order valence-electron chi connectivity index (χ1n) is 6.31. The molecular formula is C12H22N4. The topological polar surface area (TPSA) is 42.7 Å². The van der Waals surface area contributed by atoms with E-state index >= 15 is 0 Å². The van der Waals surface area contributed by atoms with Crippen LogP contribution in [-0.2, 0) is 6.54 Å². The van der Waals surface area contributed by atoms with Crippen molar-refractivity contribution < 1.29 is 0 Å². The number of aryl methyl sites for hydroxylation is 1. The second-order valence-electron chi connectivity index (χ2n) is 5.11. The first kappa shape index (κ1) is 11.6. The zero-order valence-electron chi connectivity index (χ0n) is 10.5. The minimum atomic E-state index is 0.411. The summed E-state index contributed by atoms with van der Waals surface area (Å²) in [5, 5.41) is 12.1. The summed E-state index contributed by atoms with van der Waals surface area (Å²) in [6, 6.07) is 0.411. The molecule has 1 atom stereocenters. The summed E-state index contributed by atoms with van der Waals surface area (Å²) in [6.45, 7) is 8.64. The van der Waals surface area contributed by atoms with Gasteiger partial charge in [0.2, 0.25) is 0 Å². The molecule has 0 aliphatic carbocycles. The van der Waals surface area contributed by atoms with Gasteiger partial charge in [-0.25, -0.2) is 0 Å². The highest BCUT2D eigenvalue weighted by Crippen LogP contribution is 2.22. The Bertz CT molecular complexity index is 337. The minimum absolute atomic E-state index is 0.411. The van der Waals surface area contributed by atoms with Gasteiger partial charge in [-0.3, -0.25) is 0 Å². The Morgan fingerprint density at radius 2 is 2.19 bits per heavy atom. The van der Waals surface area contributed by atoms with Crippen LogP contribution in [0.3, 0.4) is 0 Å². The minimum Gasteiger partial charge on any atom is -0.314 e. The van der Waals surface area contributed by atoms with Crippen LogP contribution in [0.5, 0.6) is 0 Å². The first-order chi connectivity index (χ1) is 7.68. The molecule has 1 fully saturated rings. The predicted octanol–water partition coefficient (Wildman–Crippen LogP) is 2.06. The summed E-state index contributed by atoms with van der Waals surface area (Å²) in [4.78, 5) is 0. The van der Waals surface area contributed by atoms with Crippen molar-refractivity contribution in [2.45, 2.75) is 52.6 Å². The van der Waals surface area contributed by atoms with Gasteiger partial charge < -0.3 is 9.88 Å². The average Bonchev–Trinajstić information content (AvgIpc) is 2.61. The second kappa shape index (κ2) is 4.95. The van der Waals surface area contributed by atoms with Crippen LogP contribution in [0.15, 0.2) is 0 Å².